The number of nitrogens with zero attached hydrogens (tertiary/aromatic N) is 1. The van der Waals surface area contributed by atoms with E-state index in [2.05, 4.69) is 0 Å². The van der Waals surface area contributed by atoms with Crippen molar-refractivity contribution in [1.82, 2.24) is 4.90 Å². The molecule has 1 amide bonds. The summed E-state index contributed by atoms with van der Waals surface area (Å²) in [4.78, 5) is 24.1. The maximum Gasteiger partial charge on any atom is 0.326 e. The number of amides is 1. The number of piperidine rings is 1. The first-order chi connectivity index (χ1) is 6.34. The standard InChI is InChI=1S/C10H17NO3/c1-10(2,3)11-7(9(13)14)5-4-6-8(11)12/h7H,4-6H2,1-3H3,(H,13,14). The number of carboxylic acids is 1. The predicted molar refractivity (Wildman–Crippen MR) is 51.9 cm³/mol. The zero-order valence-corrected chi connectivity index (χ0v) is 8.91. The van der Waals surface area contributed by atoms with E-state index in [9.17, 15) is 9.59 Å². The smallest absolute Gasteiger partial charge is 0.326 e. The third-order valence-corrected chi connectivity index (χ3v) is 2.46. The molecule has 0 saturated carbocycles. The lowest BCUT2D eigenvalue weighted by atomic mass is 9.94. The lowest BCUT2D eigenvalue weighted by Gasteiger charge is -2.42. The molecule has 1 atom stereocenters. The minimum atomic E-state index is -0.895. The Morgan fingerprint density at radius 3 is 2.43 bits per heavy atom. The van der Waals surface area contributed by atoms with E-state index < -0.39 is 17.6 Å². The average molecular weight is 199 g/mol. The molecule has 0 aromatic rings. The molecule has 0 spiro atoms. The molecule has 1 unspecified atom stereocenters. The molecule has 1 saturated heterocycles. The van der Waals surface area contributed by atoms with Crippen molar-refractivity contribution in [2.24, 2.45) is 0 Å². The average Bonchev–Trinajstić information content (AvgIpc) is 2.01. The third-order valence-electron chi connectivity index (χ3n) is 2.46. The first-order valence-electron chi connectivity index (χ1n) is 4.89. The number of hydrogen-bond acceptors (Lipinski definition) is 2. The van der Waals surface area contributed by atoms with E-state index >= 15 is 0 Å². The van der Waals surface area contributed by atoms with Gasteiger partial charge in [0, 0.05) is 12.0 Å². The molecule has 1 aliphatic heterocycles. The van der Waals surface area contributed by atoms with Crippen molar-refractivity contribution in [2.45, 2.75) is 51.6 Å². The molecule has 0 radical (unpaired) electrons. The fraction of sp³-hybridized carbons (Fsp3) is 0.800. The summed E-state index contributed by atoms with van der Waals surface area (Å²) < 4.78 is 0. The SMILES string of the molecule is CC(C)(C)N1C(=O)CCCC1C(=O)O. The van der Waals surface area contributed by atoms with Gasteiger partial charge in [-0.2, -0.15) is 0 Å². The van der Waals surface area contributed by atoms with Gasteiger partial charge in [-0.05, 0) is 33.6 Å². The van der Waals surface area contributed by atoms with Crippen molar-refractivity contribution in [1.29, 1.82) is 0 Å². The van der Waals surface area contributed by atoms with Gasteiger partial charge in [0.15, 0.2) is 0 Å². The second kappa shape index (κ2) is 3.59. The van der Waals surface area contributed by atoms with Crippen LogP contribution in [0.25, 0.3) is 0 Å². The molecule has 4 nitrogen and oxygen atoms in total. The minimum absolute atomic E-state index is 0.0452. The van der Waals surface area contributed by atoms with Crippen molar-refractivity contribution < 1.29 is 14.7 Å². The normalized spacial score (nSPS) is 23.8. The van der Waals surface area contributed by atoms with E-state index in [1.807, 2.05) is 20.8 Å². The van der Waals surface area contributed by atoms with Crippen LogP contribution in [0.5, 0.6) is 0 Å². The Morgan fingerprint density at radius 1 is 1.50 bits per heavy atom. The summed E-state index contributed by atoms with van der Waals surface area (Å²) in [6.07, 6.45) is 1.72. The Morgan fingerprint density at radius 2 is 2.07 bits per heavy atom. The van der Waals surface area contributed by atoms with Crippen LogP contribution >= 0.6 is 0 Å². The van der Waals surface area contributed by atoms with E-state index in [1.165, 1.54) is 4.90 Å². The second-order valence-corrected chi connectivity index (χ2v) is 4.68. The van der Waals surface area contributed by atoms with Crippen molar-refractivity contribution in [3.63, 3.8) is 0 Å². The quantitative estimate of drug-likeness (QED) is 0.691. The molecule has 0 aliphatic carbocycles. The molecule has 4 heteroatoms. The lowest BCUT2D eigenvalue weighted by Crippen LogP contribution is -2.56. The maximum absolute atomic E-state index is 11.6. The third kappa shape index (κ3) is 2.05. The highest BCUT2D eigenvalue weighted by Gasteiger charge is 2.39. The lowest BCUT2D eigenvalue weighted by molar-refractivity contribution is -0.158. The number of aliphatic carboxylic acids is 1. The van der Waals surface area contributed by atoms with Gasteiger partial charge in [-0.3, -0.25) is 4.79 Å². The van der Waals surface area contributed by atoms with E-state index in [-0.39, 0.29) is 5.91 Å². The Labute approximate surface area is 83.9 Å². The largest absolute Gasteiger partial charge is 0.480 e. The molecule has 14 heavy (non-hydrogen) atoms. The van der Waals surface area contributed by atoms with Crippen LogP contribution in [0.4, 0.5) is 0 Å². The molecule has 80 valence electrons. The van der Waals surface area contributed by atoms with Crippen molar-refractivity contribution in [3.8, 4) is 0 Å². The van der Waals surface area contributed by atoms with Crippen LogP contribution in [-0.4, -0.2) is 33.5 Å². The highest BCUT2D eigenvalue weighted by atomic mass is 16.4. The van der Waals surface area contributed by atoms with Gasteiger partial charge in [0.25, 0.3) is 0 Å². The number of carboxylic acid groups (broad SMARTS) is 1. The molecule has 0 aromatic heterocycles. The highest BCUT2D eigenvalue weighted by molar-refractivity contribution is 5.85. The number of rotatable bonds is 1. The number of carbonyl (C=O) groups is 2. The minimum Gasteiger partial charge on any atom is -0.480 e. The first kappa shape index (κ1) is 11.0. The van der Waals surface area contributed by atoms with E-state index in [0.717, 1.165) is 0 Å². The van der Waals surface area contributed by atoms with Gasteiger partial charge in [-0.1, -0.05) is 0 Å². The Balaban J connectivity index is 2.93. The Kier molecular flexibility index (Phi) is 2.83. The molecule has 1 heterocycles. The van der Waals surface area contributed by atoms with Crippen LogP contribution < -0.4 is 0 Å². The van der Waals surface area contributed by atoms with Crippen LogP contribution in [0.1, 0.15) is 40.0 Å². The molecule has 1 N–H and O–H groups in total. The van der Waals surface area contributed by atoms with Gasteiger partial charge in [0.2, 0.25) is 5.91 Å². The van der Waals surface area contributed by atoms with Gasteiger partial charge in [-0.15, -0.1) is 0 Å². The number of hydrogen-bond donors (Lipinski definition) is 1. The summed E-state index contributed by atoms with van der Waals surface area (Å²) in [6.45, 7) is 5.60. The van der Waals surface area contributed by atoms with Crippen LogP contribution in [0.15, 0.2) is 0 Å². The Hall–Kier alpha value is -1.06. The molecular weight excluding hydrogens is 182 g/mol. The van der Waals surface area contributed by atoms with E-state index in [4.69, 9.17) is 5.11 Å². The number of carbonyl (C=O) groups excluding carboxylic acids is 1. The van der Waals surface area contributed by atoms with Crippen LogP contribution in [-0.2, 0) is 9.59 Å². The maximum atomic E-state index is 11.6. The summed E-state index contributed by atoms with van der Waals surface area (Å²) in [5.41, 5.74) is -0.402. The van der Waals surface area contributed by atoms with E-state index in [0.29, 0.717) is 19.3 Å². The summed E-state index contributed by atoms with van der Waals surface area (Å²) >= 11 is 0. The molecule has 0 bridgehead atoms. The van der Waals surface area contributed by atoms with Crippen LogP contribution in [0, 0.1) is 0 Å². The molecule has 1 fully saturated rings. The van der Waals surface area contributed by atoms with Crippen molar-refractivity contribution in [3.05, 3.63) is 0 Å². The topological polar surface area (TPSA) is 57.6 Å². The van der Waals surface area contributed by atoms with Gasteiger partial charge in [-0.25, -0.2) is 4.79 Å². The molecule has 1 rings (SSSR count). The number of likely N-dealkylation sites (tertiary alicyclic amines) is 1. The molecular formula is C10H17NO3. The highest BCUT2D eigenvalue weighted by Crippen LogP contribution is 2.26. The zero-order valence-electron chi connectivity index (χ0n) is 8.91. The fourth-order valence-corrected chi connectivity index (χ4v) is 1.95. The van der Waals surface area contributed by atoms with Crippen molar-refractivity contribution in [2.75, 3.05) is 0 Å². The van der Waals surface area contributed by atoms with Crippen molar-refractivity contribution >= 4 is 11.9 Å². The summed E-state index contributed by atoms with van der Waals surface area (Å²) in [6, 6.07) is -0.642. The zero-order chi connectivity index (χ0) is 10.9. The van der Waals surface area contributed by atoms with Gasteiger partial charge in [0.05, 0.1) is 0 Å². The fourth-order valence-electron chi connectivity index (χ4n) is 1.95. The van der Waals surface area contributed by atoms with Crippen LogP contribution in [0.3, 0.4) is 0 Å². The summed E-state index contributed by atoms with van der Waals surface area (Å²) in [5, 5.41) is 9.00. The van der Waals surface area contributed by atoms with Crippen LogP contribution in [0.2, 0.25) is 0 Å². The summed E-state index contributed by atoms with van der Waals surface area (Å²) in [7, 11) is 0. The first-order valence-corrected chi connectivity index (χ1v) is 4.89. The Bertz CT molecular complexity index is 255. The second-order valence-electron chi connectivity index (χ2n) is 4.68. The predicted octanol–water partition coefficient (Wildman–Crippen LogP) is 1.25. The summed E-state index contributed by atoms with van der Waals surface area (Å²) in [5.74, 6) is -0.941. The van der Waals surface area contributed by atoms with E-state index in [1.54, 1.807) is 0 Å². The van der Waals surface area contributed by atoms with Gasteiger partial charge < -0.3 is 10.0 Å². The van der Waals surface area contributed by atoms with Gasteiger partial charge >= 0.3 is 5.97 Å². The monoisotopic (exact) mass is 199 g/mol. The van der Waals surface area contributed by atoms with Gasteiger partial charge in [0.1, 0.15) is 6.04 Å². The molecule has 0 aromatic carbocycles. The molecule has 1 aliphatic rings.